The molecule has 0 saturated carbocycles. The SMILES string of the molecule is O=C1C=c2ccccc2=NC1c1ccccn1. The Morgan fingerprint density at radius 3 is 2.65 bits per heavy atom. The number of carbonyl (C=O) groups excluding carboxylic acids is 1. The van der Waals surface area contributed by atoms with Gasteiger partial charge in [0.1, 0.15) is 0 Å². The molecule has 0 bridgehead atoms. The minimum Gasteiger partial charge on any atom is -0.292 e. The van der Waals surface area contributed by atoms with E-state index >= 15 is 0 Å². The monoisotopic (exact) mass is 222 g/mol. The van der Waals surface area contributed by atoms with E-state index in [1.54, 1.807) is 12.3 Å². The lowest BCUT2D eigenvalue weighted by molar-refractivity contribution is -0.114. The van der Waals surface area contributed by atoms with Crippen LogP contribution in [0, 0.1) is 0 Å². The summed E-state index contributed by atoms with van der Waals surface area (Å²) in [6.07, 6.45) is 3.32. The summed E-state index contributed by atoms with van der Waals surface area (Å²) in [4.78, 5) is 20.6. The zero-order chi connectivity index (χ0) is 11.7. The molecule has 0 spiro atoms. The number of ketones is 1. The molecular weight excluding hydrogens is 212 g/mol. The fraction of sp³-hybridized carbons (Fsp3) is 0.0714. The Bertz CT molecular complexity index is 677. The summed E-state index contributed by atoms with van der Waals surface area (Å²) in [6, 6.07) is 12.7. The van der Waals surface area contributed by atoms with Crippen molar-refractivity contribution in [3.63, 3.8) is 0 Å². The summed E-state index contributed by atoms with van der Waals surface area (Å²) < 4.78 is 0. The Morgan fingerprint density at radius 1 is 1.00 bits per heavy atom. The standard InChI is InChI=1S/C14H10N2O/c17-13-9-10-5-1-2-6-11(10)16-14(13)12-7-3-4-8-15-12/h1-9,14H. The van der Waals surface area contributed by atoms with Crippen molar-refractivity contribution >= 4 is 11.9 Å². The normalized spacial score (nSPS) is 17.9. The second-order valence-corrected chi connectivity index (χ2v) is 3.89. The first-order valence-electron chi connectivity index (χ1n) is 5.44. The van der Waals surface area contributed by atoms with Crippen molar-refractivity contribution in [2.45, 2.75) is 6.04 Å². The Balaban J connectivity index is 2.17. The lowest BCUT2D eigenvalue weighted by Gasteiger charge is -2.11. The van der Waals surface area contributed by atoms with Crippen LogP contribution in [0.2, 0.25) is 0 Å². The molecule has 1 aliphatic heterocycles. The minimum atomic E-state index is -0.494. The van der Waals surface area contributed by atoms with Gasteiger partial charge in [0.25, 0.3) is 0 Å². The van der Waals surface area contributed by atoms with Gasteiger partial charge >= 0.3 is 0 Å². The quantitative estimate of drug-likeness (QED) is 0.716. The Morgan fingerprint density at radius 2 is 1.82 bits per heavy atom. The van der Waals surface area contributed by atoms with Gasteiger partial charge in [0.2, 0.25) is 0 Å². The van der Waals surface area contributed by atoms with Crippen LogP contribution >= 0.6 is 0 Å². The molecule has 1 aromatic heterocycles. The first-order valence-corrected chi connectivity index (χ1v) is 5.44. The van der Waals surface area contributed by atoms with E-state index in [1.807, 2.05) is 42.5 Å². The number of hydrogen-bond donors (Lipinski definition) is 0. The van der Waals surface area contributed by atoms with Crippen molar-refractivity contribution in [2.24, 2.45) is 4.99 Å². The fourth-order valence-electron chi connectivity index (χ4n) is 1.91. The zero-order valence-corrected chi connectivity index (χ0v) is 9.08. The van der Waals surface area contributed by atoms with Crippen LogP contribution in [0.3, 0.4) is 0 Å². The Hall–Kier alpha value is -2.29. The molecule has 17 heavy (non-hydrogen) atoms. The van der Waals surface area contributed by atoms with Crippen LogP contribution in [0.15, 0.2) is 53.7 Å². The molecule has 1 aliphatic rings. The lowest BCUT2D eigenvalue weighted by atomic mass is 10.0. The maximum absolute atomic E-state index is 12.0. The number of benzene rings is 1. The van der Waals surface area contributed by atoms with Gasteiger partial charge in [0.05, 0.1) is 11.1 Å². The average molecular weight is 222 g/mol. The maximum atomic E-state index is 12.0. The highest BCUT2D eigenvalue weighted by Crippen LogP contribution is 2.16. The molecule has 1 unspecified atom stereocenters. The van der Waals surface area contributed by atoms with Crippen LogP contribution < -0.4 is 10.6 Å². The highest BCUT2D eigenvalue weighted by atomic mass is 16.1. The number of nitrogens with zero attached hydrogens (tertiary/aromatic N) is 2. The van der Waals surface area contributed by atoms with Crippen molar-refractivity contribution in [3.05, 3.63) is 64.9 Å². The number of Topliss-reactive ketones (excluding diaryl/α,β-unsaturated/α-hetero) is 1. The number of carbonyl (C=O) groups is 1. The fourth-order valence-corrected chi connectivity index (χ4v) is 1.91. The van der Waals surface area contributed by atoms with E-state index in [9.17, 15) is 4.79 Å². The van der Waals surface area contributed by atoms with E-state index in [1.165, 1.54) is 0 Å². The molecule has 3 nitrogen and oxygen atoms in total. The van der Waals surface area contributed by atoms with Crippen molar-refractivity contribution in [3.8, 4) is 0 Å². The van der Waals surface area contributed by atoms with Gasteiger partial charge in [-0.2, -0.15) is 0 Å². The third-order valence-corrected chi connectivity index (χ3v) is 2.74. The van der Waals surface area contributed by atoms with E-state index in [4.69, 9.17) is 0 Å². The summed E-state index contributed by atoms with van der Waals surface area (Å²) in [7, 11) is 0. The first kappa shape index (κ1) is 9.90. The van der Waals surface area contributed by atoms with Crippen molar-refractivity contribution in [2.75, 3.05) is 0 Å². The molecule has 82 valence electrons. The highest BCUT2D eigenvalue weighted by Gasteiger charge is 2.20. The van der Waals surface area contributed by atoms with E-state index in [2.05, 4.69) is 9.98 Å². The van der Waals surface area contributed by atoms with E-state index in [-0.39, 0.29) is 5.78 Å². The molecule has 0 fully saturated rings. The zero-order valence-electron chi connectivity index (χ0n) is 9.08. The van der Waals surface area contributed by atoms with E-state index < -0.39 is 6.04 Å². The van der Waals surface area contributed by atoms with Crippen LogP contribution in [-0.2, 0) is 4.79 Å². The second-order valence-electron chi connectivity index (χ2n) is 3.89. The molecular formula is C14H10N2O. The maximum Gasteiger partial charge on any atom is 0.186 e. The van der Waals surface area contributed by atoms with Crippen molar-refractivity contribution in [1.82, 2.24) is 4.98 Å². The number of aromatic nitrogens is 1. The predicted octanol–water partition coefficient (Wildman–Crippen LogP) is 0.806. The van der Waals surface area contributed by atoms with Gasteiger partial charge < -0.3 is 0 Å². The Labute approximate surface area is 98.2 Å². The number of hydrogen-bond acceptors (Lipinski definition) is 3. The number of para-hydroxylation sites is 1. The van der Waals surface area contributed by atoms with Gasteiger partial charge in [-0.1, -0.05) is 24.3 Å². The van der Waals surface area contributed by atoms with E-state index in [0.29, 0.717) is 5.69 Å². The minimum absolute atomic E-state index is 0.0117. The van der Waals surface area contributed by atoms with E-state index in [0.717, 1.165) is 10.6 Å². The largest absolute Gasteiger partial charge is 0.292 e. The molecule has 2 heterocycles. The first-order chi connectivity index (χ1) is 8.34. The van der Waals surface area contributed by atoms with Gasteiger partial charge in [-0.05, 0) is 24.3 Å². The van der Waals surface area contributed by atoms with Crippen LogP contribution in [0.25, 0.3) is 6.08 Å². The van der Waals surface area contributed by atoms with Gasteiger partial charge in [-0.25, -0.2) is 0 Å². The lowest BCUT2D eigenvalue weighted by Crippen LogP contribution is -2.32. The third-order valence-electron chi connectivity index (χ3n) is 2.74. The van der Waals surface area contributed by atoms with Gasteiger partial charge in [-0.15, -0.1) is 0 Å². The summed E-state index contributed by atoms with van der Waals surface area (Å²) in [5.41, 5.74) is 0.697. The molecule has 0 amide bonds. The number of rotatable bonds is 1. The summed E-state index contributed by atoms with van der Waals surface area (Å²) in [6.45, 7) is 0. The summed E-state index contributed by atoms with van der Waals surface area (Å²) in [5.74, 6) is -0.0117. The Kier molecular flexibility index (Phi) is 2.29. The predicted molar refractivity (Wildman–Crippen MR) is 63.7 cm³/mol. The molecule has 1 aromatic carbocycles. The number of pyridine rings is 1. The van der Waals surface area contributed by atoms with Gasteiger partial charge in [0, 0.05) is 11.4 Å². The van der Waals surface area contributed by atoms with Crippen LogP contribution in [0.4, 0.5) is 0 Å². The molecule has 3 rings (SSSR count). The topological polar surface area (TPSA) is 42.3 Å². The molecule has 0 radical (unpaired) electrons. The molecule has 0 N–H and O–H groups in total. The second kappa shape index (κ2) is 3.94. The summed E-state index contributed by atoms with van der Waals surface area (Å²) >= 11 is 0. The van der Waals surface area contributed by atoms with Crippen molar-refractivity contribution < 1.29 is 4.79 Å². The molecule has 0 saturated heterocycles. The van der Waals surface area contributed by atoms with Crippen molar-refractivity contribution in [1.29, 1.82) is 0 Å². The molecule has 1 atom stereocenters. The van der Waals surface area contributed by atoms with Crippen LogP contribution in [-0.4, -0.2) is 10.8 Å². The molecule has 2 aromatic rings. The average Bonchev–Trinajstić information content (AvgIpc) is 2.39. The third kappa shape index (κ3) is 1.76. The smallest absolute Gasteiger partial charge is 0.186 e. The van der Waals surface area contributed by atoms with Gasteiger partial charge in [0.15, 0.2) is 11.8 Å². The highest BCUT2D eigenvalue weighted by molar-refractivity contribution is 6.10. The van der Waals surface area contributed by atoms with Crippen LogP contribution in [0.1, 0.15) is 11.7 Å². The van der Waals surface area contributed by atoms with Crippen LogP contribution in [0.5, 0.6) is 0 Å². The molecule has 0 aliphatic carbocycles. The number of fused-ring (bicyclic) bond motifs is 1. The molecule has 3 heteroatoms. The van der Waals surface area contributed by atoms with Gasteiger partial charge in [-0.3, -0.25) is 14.8 Å². The summed E-state index contributed by atoms with van der Waals surface area (Å²) in [5, 5.41) is 1.73.